The molecule has 0 spiro atoms. The van der Waals surface area contributed by atoms with Crippen LogP contribution in [0.25, 0.3) is 0 Å². The Labute approximate surface area is 94.0 Å². The quantitative estimate of drug-likeness (QED) is 0.632. The van der Waals surface area contributed by atoms with Crippen LogP contribution in [-0.4, -0.2) is 0 Å². The fraction of sp³-hybridized carbons (Fsp3) is 0.467. The number of benzene rings is 1. The zero-order valence-electron chi connectivity index (χ0n) is 10.4. The minimum Gasteiger partial charge on any atom is -0.0877 e. The molecule has 0 saturated heterocycles. The first-order chi connectivity index (χ1) is 6.97. The average Bonchev–Trinajstić information content (AvgIpc) is 2.11. The van der Waals surface area contributed by atoms with Gasteiger partial charge in [-0.3, -0.25) is 0 Å². The minimum atomic E-state index is 0.312. The van der Waals surface area contributed by atoms with E-state index in [0.29, 0.717) is 5.41 Å². The second kappa shape index (κ2) is 5.16. The van der Waals surface area contributed by atoms with Crippen molar-refractivity contribution >= 4 is 0 Å². The molecule has 0 amide bonds. The van der Waals surface area contributed by atoms with E-state index in [1.54, 1.807) is 0 Å². The maximum atomic E-state index is 2.29. The Morgan fingerprint density at radius 2 is 1.93 bits per heavy atom. The van der Waals surface area contributed by atoms with Crippen LogP contribution in [0, 0.1) is 12.3 Å². The van der Waals surface area contributed by atoms with Crippen molar-refractivity contribution in [1.82, 2.24) is 0 Å². The van der Waals surface area contributed by atoms with Crippen LogP contribution >= 0.6 is 0 Å². The lowest BCUT2D eigenvalue weighted by Crippen LogP contribution is -1.98. The molecule has 0 fully saturated rings. The second-order valence-corrected chi connectivity index (χ2v) is 5.30. The molecule has 0 nitrogen and oxygen atoms in total. The van der Waals surface area contributed by atoms with E-state index in [4.69, 9.17) is 0 Å². The van der Waals surface area contributed by atoms with Gasteiger partial charge in [0.15, 0.2) is 0 Å². The number of hydrogen-bond donors (Lipinski definition) is 0. The monoisotopic (exact) mass is 202 g/mol. The highest BCUT2D eigenvalue weighted by Gasteiger charge is 2.02. The first-order valence-electron chi connectivity index (χ1n) is 5.71. The maximum Gasteiger partial charge on any atom is -0.0203 e. The van der Waals surface area contributed by atoms with Crippen molar-refractivity contribution in [2.24, 2.45) is 5.41 Å². The molecule has 0 aliphatic rings. The van der Waals surface area contributed by atoms with E-state index in [-0.39, 0.29) is 0 Å². The van der Waals surface area contributed by atoms with Crippen LogP contribution in [0.1, 0.15) is 38.3 Å². The Morgan fingerprint density at radius 3 is 2.53 bits per heavy atom. The highest BCUT2D eigenvalue weighted by atomic mass is 14.1. The standard InChI is InChI=1S/C15H22/c1-13-8-7-10-14(12-13)9-5-6-11-15(2,3)4/h6-8,10-12H,5,9H2,1-4H3/b11-6+. The van der Waals surface area contributed by atoms with Crippen molar-refractivity contribution in [3.63, 3.8) is 0 Å². The smallest absolute Gasteiger partial charge is 0.0203 e. The lowest BCUT2D eigenvalue weighted by molar-refractivity contribution is 0.542. The number of allylic oxidation sites excluding steroid dienone is 2. The summed E-state index contributed by atoms with van der Waals surface area (Å²) in [5.74, 6) is 0. The van der Waals surface area contributed by atoms with Crippen molar-refractivity contribution in [2.75, 3.05) is 0 Å². The highest BCUT2D eigenvalue weighted by Crippen LogP contribution is 2.15. The molecule has 0 aromatic heterocycles. The van der Waals surface area contributed by atoms with Crippen molar-refractivity contribution in [3.05, 3.63) is 47.5 Å². The molecule has 0 heterocycles. The predicted molar refractivity (Wildman–Crippen MR) is 68.1 cm³/mol. The summed E-state index contributed by atoms with van der Waals surface area (Å²) in [5.41, 5.74) is 3.10. The summed E-state index contributed by atoms with van der Waals surface area (Å²) in [4.78, 5) is 0. The van der Waals surface area contributed by atoms with Crippen LogP contribution in [0.2, 0.25) is 0 Å². The van der Waals surface area contributed by atoms with E-state index in [1.165, 1.54) is 11.1 Å². The van der Waals surface area contributed by atoms with Crippen molar-refractivity contribution < 1.29 is 0 Å². The molecule has 0 N–H and O–H groups in total. The number of rotatable bonds is 3. The van der Waals surface area contributed by atoms with Gasteiger partial charge >= 0.3 is 0 Å². The molecular formula is C15H22. The topological polar surface area (TPSA) is 0 Å². The first-order valence-corrected chi connectivity index (χ1v) is 5.71. The van der Waals surface area contributed by atoms with E-state index in [9.17, 15) is 0 Å². The third kappa shape index (κ3) is 5.41. The summed E-state index contributed by atoms with van der Waals surface area (Å²) in [6.45, 7) is 8.84. The van der Waals surface area contributed by atoms with E-state index < -0.39 is 0 Å². The normalized spacial score (nSPS) is 12.3. The van der Waals surface area contributed by atoms with Crippen LogP contribution < -0.4 is 0 Å². The summed E-state index contributed by atoms with van der Waals surface area (Å²) in [6.07, 6.45) is 6.88. The third-order valence-corrected chi connectivity index (χ3v) is 2.30. The molecule has 0 heteroatoms. The predicted octanol–water partition coefficient (Wildman–Crippen LogP) is 4.53. The van der Waals surface area contributed by atoms with Crippen LogP contribution in [-0.2, 0) is 6.42 Å². The molecule has 1 aromatic carbocycles. The molecule has 0 radical (unpaired) electrons. The van der Waals surface area contributed by atoms with Gasteiger partial charge in [-0.15, -0.1) is 0 Å². The van der Waals surface area contributed by atoms with Gasteiger partial charge in [0, 0.05) is 0 Å². The Bertz CT molecular complexity index is 326. The molecule has 15 heavy (non-hydrogen) atoms. The second-order valence-electron chi connectivity index (χ2n) is 5.30. The molecule has 0 aliphatic heterocycles. The van der Waals surface area contributed by atoms with Gasteiger partial charge in [0.1, 0.15) is 0 Å². The molecule has 1 rings (SSSR count). The van der Waals surface area contributed by atoms with E-state index in [1.807, 2.05) is 0 Å². The van der Waals surface area contributed by atoms with Gasteiger partial charge in [0.05, 0.1) is 0 Å². The zero-order chi connectivity index (χ0) is 11.3. The molecule has 0 bridgehead atoms. The fourth-order valence-electron chi connectivity index (χ4n) is 1.55. The molecule has 0 saturated carbocycles. The molecule has 0 unspecified atom stereocenters. The Hall–Kier alpha value is -1.04. The molecule has 1 aromatic rings. The van der Waals surface area contributed by atoms with Crippen molar-refractivity contribution in [3.8, 4) is 0 Å². The van der Waals surface area contributed by atoms with Crippen LogP contribution in [0.3, 0.4) is 0 Å². The average molecular weight is 202 g/mol. The van der Waals surface area contributed by atoms with Gasteiger partial charge in [-0.2, -0.15) is 0 Å². The van der Waals surface area contributed by atoms with Crippen LogP contribution in [0.4, 0.5) is 0 Å². The van der Waals surface area contributed by atoms with Gasteiger partial charge in [-0.05, 0) is 30.7 Å². The van der Waals surface area contributed by atoms with E-state index in [0.717, 1.165) is 12.8 Å². The summed E-state index contributed by atoms with van der Waals surface area (Å²) in [5, 5.41) is 0. The van der Waals surface area contributed by atoms with Gasteiger partial charge in [-0.1, -0.05) is 62.8 Å². The van der Waals surface area contributed by atoms with Crippen LogP contribution in [0.15, 0.2) is 36.4 Å². The lowest BCUT2D eigenvalue weighted by atomic mass is 9.95. The summed E-state index contributed by atoms with van der Waals surface area (Å²) < 4.78 is 0. The van der Waals surface area contributed by atoms with E-state index >= 15 is 0 Å². The molecule has 0 aliphatic carbocycles. The Morgan fingerprint density at radius 1 is 1.20 bits per heavy atom. The summed E-state index contributed by atoms with van der Waals surface area (Å²) in [7, 11) is 0. The van der Waals surface area contributed by atoms with Crippen LogP contribution in [0.5, 0.6) is 0 Å². The number of hydrogen-bond acceptors (Lipinski definition) is 0. The maximum absolute atomic E-state index is 2.29. The Balaban J connectivity index is 2.42. The molecule has 0 atom stereocenters. The van der Waals surface area contributed by atoms with E-state index in [2.05, 4.69) is 64.1 Å². The Kier molecular flexibility index (Phi) is 4.14. The largest absolute Gasteiger partial charge is 0.0877 e. The molecular weight excluding hydrogens is 180 g/mol. The minimum absolute atomic E-state index is 0.312. The first kappa shape index (κ1) is 12.0. The fourth-order valence-corrected chi connectivity index (χ4v) is 1.55. The summed E-state index contributed by atoms with van der Waals surface area (Å²) >= 11 is 0. The van der Waals surface area contributed by atoms with Gasteiger partial charge in [0.25, 0.3) is 0 Å². The van der Waals surface area contributed by atoms with Gasteiger partial charge < -0.3 is 0 Å². The highest BCUT2D eigenvalue weighted by molar-refractivity contribution is 5.22. The van der Waals surface area contributed by atoms with Gasteiger partial charge in [0.2, 0.25) is 0 Å². The molecule has 82 valence electrons. The number of aryl methyl sites for hydroxylation is 2. The third-order valence-electron chi connectivity index (χ3n) is 2.30. The lowest BCUT2D eigenvalue weighted by Gasteiger charge is -2.10. The zero-order valence-corrected chi connectivity index (χ0v) is 10.4. The van der Waals surface area contributed by atoms with Crippen molar-refractivity contribution in [2.45, 2.75) is 40.5 Å². The van der Waals surface area contributed by atoms with Crippen molar-refractivity contribution in [1.29, 1.82) is 0 Å². The summed E-state index contributed by atoms with van der Waals surface area (Å²) in [6, 6.07) is 8.76. The van der Waals surface area contributed by atoms with Gasteiger partial charge in [-0.25, -0.2) is 0 Å². The SMILES string of the molecule is Cc1cccc(CC/C=C/C(C)(C)C)c1.